The van der Waals surface area contributed by atoms with Crippen LogP contribution in [0.3, 0.4) is 0 Å². The van der Waals surface area contributed by atoms with Crippen LogP contribution in [0.4, 0.5) is 0 Å². The summed E-state index contributed by atoms with van der Waals surface area (Å²) in [4.78, 5) is 23.7. The van der Waals surface area contributed by atoms with E-state index in [0.29, 0.717) is 28.6 Å². The van der Waals surface area contributed by atoms with Crippen LogP contribution in [-0.4, -0.2) is 49.9 Å². The molecule has 2 aromatic rings. The van der Waals surface area contributed by atoms with Crippen molar-refractivity contribution in [1.29, 1.82) is 0 Å². The molecule has 0 heterocycles. The van der Waals surface area contributed by atoms with E-state index in [4.69, 9.17) is 18.9 Å². The number of rotatable bonds is 18. The quantitative estimate of drug-likeness (QED) is 0.0756. The predicted molar refractivity (Wildman–Crippen MR) is 180 cm³/mol. The van der Waals surface area contributed by atoms with Gasteiger partial charge in [0.05, 0.1) is 0 Å². The van der Waals surface area contributed by atoms with Crippen molar-refractivity contribution in [3.63, 3.8) is 0 Å². The molecule has 8 heteroatoms. The summed E-state index contributed by atoms with van der Waals surface area (Å²) in [5, 5.41) is 0. The Morgan fingerprint density at radius 2 is 1.28 bits per heavy atom. The monoisotopic (exact) mass is 626 g/mol. The van der Waals surface area contributed by atoms with Crippen LogP contribution in [0.5, 0.6) is 11.5 Å². The van der Waals surface area contributed by atoms with Crippen LogP contribution in [0, 0.1) is 5.92 Å². The van der Waals surface area contributed by atoms with E-state index in [1.807, 2.05) is 12.1 Å². The lowest BCUT2D eigenvalue weighted by Crippen LogP contribution is -2.15. The molecule has 6 nitrogen and oxygen atoms in total. The molecule has 234 valence electrons. The highest BCUT2D eigenvalue weighted by atomic mass is 32.1. The zero-order chi connectivity index (χ0) is 31.0. The van der Waals surface area contributed by atoms with E-state index in [9.17, 15) is 9.59 Å². The second-order valence-electron chi connectivity index (χ2n) is 11.0. The van der Waals surface area contributed by atoms with Gasteiger partial charge in [-0.3, -0.25) is 0 Å². The molecular weight excluding hydrogens is 581 g/mol. The summed E-state index contributed by atoms with van der Waals surface area (Å²) in [5.74, 6) is 2.14. The van der Waals surface area contributed by atoms with Crippen molar-refractivity contribution >= 4 is 37.2 Å². The Kier molecular flexibility index (Phi) is 15.1. The van der Waals surface area contributed by atoms with Gasteiger partial charge >= 0.3 is 11.9 Å². The molecule has 0 bridgehead atoms. The number of hydrogen-bond acceptors (Lipinski definition) is 8. The van der Waals surface area contributed by atoms with Crippen molar-refractivity contribution in [2.45, 2.75) is 64.2 Å². The highest BCUT2D eigenvalue weighted by molar-refractivity contribution is 7.80. The molecule has 1 fully saturated rings. The zero-order valence-corrected chi connectivity index (χ0v) is 27.1. The van der Waals surface area contributed by atoms with Gasteiger partial charge in [-0.05, 0) is 66.3 Å². The second kappa shape index (κ2) is 18.7. The van der Waals surface area contributed by atoms with Gasteiger partial charge in [0.15, 0.2) is 0 Å². The van der Waals surface area contributed by atoms with E-state index in [1.165, 1.54) is 56.9 Å². The molecule has 1 saturated carbocycles. The minimum absolute atomic E-state index is 0.0760. The van der Waals surface area contributed by atoms with Gasteiger partial charge in [0.1, 0.15) is 37.9 Å². The summed E-state index contributed by atoms with van der Waals surface area (Å²) in [6.45, 7) is 10.0. The molecule has 0 saturated heterocycles. The molecule has 0 amide bonds. The predicted octanol–water partition coefficient (Wildman–Crippen LogP) is 8.02. The molecule has 0 unspecified atom stereocenters. The number of ether oxygens (including phenoxy) is 4. The lowest BCUT2D eigenvalue weighted by molar-refractivity contribution is -0.140. The van der Waals surface area contributed by atoms with Crippen LogP contribution in [-0.2, 0) is 19.1 Å². The van der Waals surface area contributed by atoms with Gasteiger partial charge in [-0.25, -0.2) is 9.59 Å². The summed E-state index contributed by atoms with van der Waals surface area (Å²) >= 11 is 8.10. The van der Waals surface area contributed by atoms with Crippen LogP contribution < -0.4 is 9.47 Å². The summed E-state index contributed by atoms with van der Waals surface area (Å²) in [5.41, 5.74) is 3.96. The lowest BCUT2D eigenvalue weighted by atomic mass is 9.77. The number of hydrogen-bond donors (Lipinski definition) is 2. The van der Waals surface area contributed by atoms with Crippen molar-refractivity contribution in [3.8, 4) is 22.6 Å². The molecule has 0 spiro atoms. The fourth-order valence-electron chi connectivity index (χ4n) is 5.24. The Labute approximate surface area is 268 Å². The van der Waals surface area contributed by atoms with Crippen LogP contribution in [0.2, 0.25) is 0 Å². The average Bonchev–Trinajstić information content (AvgIpc) is 3.04. The van der Waals surface area contributed by atoms with Gasteiger partial charge in [-0.15, -0.1) is 0 Å². The van der Waals surface area contributed by atoms with Crippen molar-refractivity contribution in [2.75, 3.05) is 37.9 Å². The van der Waals surface area contributed by atoms with Gasteiger partial charge in [0, 0.05) is 28.7 Å². The first-order valence-corrected chi connectivity index (χ1v) is 16.5. The molecule has 2 aromatic carbocycles. The highest BCUT2D eigenvalue weighted by Gasteiger charge is 2.22. The first-order chi connectivity index (χ1) is 20.8. The van der Waals surface area contributed by atoms with E-state index >= 15 is 0 Å². The van der Waals surface area contributed by atoms with Crippen molar-refractivity contribution in [3.05, 3.63) is 72.3 Å². The molecule has 0 atom stereocenters. The van der Waals surface area contributed by atoms with Gasteiger partial charge in [0.2, 0.25) is 0 Å². The number of thiol groups is 2. The highest BCUT2D eigenvalue weighted by Crippen LogP contribution is 2.39. The topological polar surface area (TPSA) is 71.1 Å². The van der Waals surface area contributed by atoms with Crippen molar-refractivity contribution in [2.24, 2.45) is 5.92 Å². The Morgan fingerprint density at radius 3 is 1.77 bits per heavy atom. The number of benzene rings is 2. The van der Waals surface area contributed by atoms with E-state index < -0.39 is 11.9 Å². The number of carbonyl (C=O) groups excluding carboxylic acids is 2. The molecule has 3 rings (SSSR count). The minimum atomic E-state index is -0.489. The van der Waals surface area contributed by atoms with E-state index in [1.54, 1.807) is 6.07 Å². The molecule has 1 aliphatic rings. The summed E-state index contributed by atoms with van der Waals surface area (Å²) in [6.07, 6.45) is 10.5. The third-order valence-electron chi connectivity index (χ3n) is 7.79. The number of esters is 2. The molecule has 0 aliphatic heterocycles. The van der Waals surface area contributed by atoms with Gasteiger partial charge < -0.3 is 18.9 Å². The minimum Gasteiger partial charge on any atom is -0.490 e. The maximum absolute atomic E-state index is 11.9. The molecule has 43 heavy (non-hydrogen) atoms. The lowest BCUT2D eigenvalue weighted by Gasteiger charge is -2.29. The van der Waals surface area contributed by atoms with Crippen LogP contribution >= 0.6 is 25.3 Å². The van der Waals surface area contributed by atoms with E-state index in [-0.39, 0.29) is 37.9 Å². The molecule has 0 aromatic heterocycles. The Morgan fingerprint density at radius 1 is 0.744 bits per heavy atom. The second-order valence-corrected chi connectivity index (χ2v) is 11.7. The number of carbonyl (C=O) groups is 2. The van der Waals surface area contributed by atoms with Gasteiger partial charge in [0.25, 0.3) is 0 Å². The van der Waals surface area contributed by atoms with Crippen molar-refractivity contribution in [1.82, 2.24) is 0 Å². The molecular formula is C35H46O6S2. The van der Waals surface area contributed by atoms with Crippen LogP contribution in [0.15, 0.2) is 66.8 Å². The normalized spacial score (nSPS) is 16.3. The number of unbranched alkanes of at least 4 members (excludes halogenated alkanes) is 2. The van der Waals surface area contributed by atoms with E-state index in [2.05, 4.69) is 69.6 Å². The van der Waals surface area contributed by atoms with E-state index in [0.717, 1.165) is 17.0 Å². The molecule has 1 aliphatic carbocycles. The van der Waals surface area contributed by atoms with Crippen LogP contribution in [0.1, 0.15) is 69.8 Å². The largest absolute Gasteiger partial charge is 0.490 e. The maximum Gasteiger partial charge on any atom is 0.334 e. The first kappa shape index (κ1) is 34.6. The van der Waals surface area contributed by atoms with Crippen molar-refractivity contribution < 1.29 is 28.5 Å². The SMILES string of the molecule is C=C(CS)C(=O)OCCOc1cc(OCCOC(=O)C(=C)CS)cc(-c2ccc(C3CCC(CCCCC)CC3)cc2)c1. The fraction of sp³-hybridized carbons (Fsp3) is 0.486. The maximum atomic E-state index is 11.9. The molecule has 0 N–H and O–H groups in total. The Hall–Kier alpha value is -2.84. The van der Waals surface area contributed by atoms with Gasteiger partial charge in [-0.1, -0.05) is 70.0 Å². The third kappa shape index (κ3) is 11.6. The first-order valence-electron chi connectivity index (χ1n) is 15.3. The standard InChI is InChI=1S/C35H46O6S2/c1-4-5-6-7-27-8-10-28(11-9-27)29-12-14-30(15-13-29)31-20-32(38-16-18-40-34(36)25(2)23-42)22-33(21-31)39-17-19-41-35(37)26(3)24-43/h12-15,20-22,27-28,42-43H,2-11,16-19,23-24H2,1H3. The Bertz CT molecular complexity index is 1150. The smallest absolute Gasteiger partial charge is 0.334 e. The fourth-order valence-corrected chi connectivity index (χ4v) is 5.50. The zero-order valence-electron chi connectivity index (χ0n) is 25.4. The van der Waals surface area contributed by atoms with Crippen LogP contribution in [0.25, 0.3) is 11.1 Å². The summed E-state index contributed by atoms with van der Waals surface area (Å²) in [6, 6.07) is 14.4. The third-order valence-corrected chi connectivity index (χ3v) is 8.55. The Balaban J connectivity index is 1.65. The van der Waals surface area contributed by atoms with Gasteiger partial charge in [-0.2, -0.15) is 25.3 Å². The molecule has 0 radical (unpaired) electrons. The average molecular weight is 627 g/mol. The summed E-state index contributed by atoms with van der Waals surface area (Å²) in [7, 11) is 0. The summed E-state index contributed by atoms with van der Waals surface area (Å²) < 4.78 is 22.2.